The lowest BCUT2D eigenvalue weighted by molar-refractivity contribution is 0.0770. The maximum atomic E-state index is 12.9. The largest absolute Gasteiger partial charge is 0.497 e. The zero-order chi connectivity index (χ0) is 22.4. The van der Waals surface area contributed by atoms with Crippen molar-refractivity contribution < 1.29 is 9.53 Å². The van der Waals surface area contributed by atoms with Crippen molar-refractivity contribution in [2.45, 2.75) is 25.8 Å². The van der Waals surface area contributed by atoms with Crippen molar-refractivity contribution in [1.29, 1.82) is 0 Å². The minimum absolute atomic E-state index is 0.182. The lowest BCUT2D eigenvalue weighted by atomic mass is 9.85. The molecule has 0 spiro atoms. The minimum atomic E-state index is 0.182. The second-order valence-corrected chi connectivity index (χ2v) is 8.99. The predicted octanol–water partition coefficient (Wildman–Crippen LogP) is 6.76. The van der Waals surface area contributed by atoms with Gasteiger partial charge >= 0.3 is 0 Å². The van der Waals surface area contributed by atoms with Gasteiger partial charge in [-0.05, 0) is 71.3 Å². The SMILES string of the molecule is COc1ccc(Cn2ccc3ccc(-c4ccc5ccn(C(=O)C6CCC6)c5c4)cc32)cc1. The van der Waals surface area contributed by atoms with Crippen molar-refractivity contribution in [1.82, 2.24) is 9.13 Å². The Kier molecular flexibility index (Phi) is 4.79. The first-order valence-corrected chi connectivity index (χ1v) is 11.6. The fourth-order valence-corrected chi connectivity index (χ4v) is 4.78. The highest BCUT2D eigenvalue weighted by Gasteiger charge is 2.27. The van der Waals surface area contributed by atoms with Gasteiger partial charge in [-0.25, -0.2) is 0 Å². The average Bonchev–Trinajstić information content (AvgIpc) is 3.42. The van der Waals surface area contributed by atoms with Gasteiger partial charge in [0.25, 0.3) is 0 Å². The van der Waals surface area contributed by atoms with Crippen LogP contribution in [0.25, 0.3) is 32.9 Å². The van der Waals surface area contributed by atoms with Crippen molar-refractivity contribution in [3.8, 4) is 16.9 Å². The normalized spacial score (nSPS) is 14.0. The Hall–Kier alpha value is -3.79. The summed E-state index contributed by atoms with van der Waals surface area (Å²) in [6.45, 7) is 0.800. The van der Waals surface area contributed by atoms with Gasteiger partial charge in [-0.1, -0.05) is 42.8 Å². The van der Waals surface area contributed by atoms with Gasteiger partial charge in [0.15, 0.2) is 0 Å². The first-order chi connectivity index (χ1) is 16.2. The summed E-state index contributed by atoms with van der Waals surface area (Å²) in [5.74, 6) is 1.29. The van der Waals surface area contributed by atoms with Gasteiger partial charge in [0, 0.05) is 35.8 Å². The quantitative estimate of drug-likeness (QED) is 0.306. The Morgan fingerprint density at radius 1 is 0.848 bits per heavy atom. The van der Waals surface area contributed by atoms with Crippen LogP contribution in [-0.2, 0) is 6.54 Å². The zero-order valence-electron chi connectivity index (χ0n) is 18.7. The third-order valence-electron chi connectivity index (χ3n) is 7.00. The van der Waals surface area contributed by atoms with E-state index in [9.17, 15) is 4.79 Å². The molecule has 3 aromatic carbocycles. The maximum absolute atomic E-state index is 12.9. The fraction of sp³-hybridized carbons (Fsp3) is 0.207. The summed E-state index contributed by atoms with van der Waals surface area (Å²) in [5, 5.41) is 2.33. The van der Waals surface area contributed by atoms with E-state index in [1.807, 2.05) is 29.0 Å². The molecule has 1 aliphatic rings. The van der Waals surface area contributed by atoms with Gasteiger partial charge in [-0.15, -0.1) is 0 Å². The highest BCUT2D eigenvalue weighted by Crippen LogP contribution is 2.32. The van der Waals surface area contributed by atoms with E-state index < -0.39 is 0 Å². The van der Waals surface area contributed by atoms with Crippen LogP contribution >= 0.6 is 0 Å². The number of carbonyl (C=O) groups excluding carboxylic acids is 1. The molecule has 0 aliphatic heterocycles. The Morgan fingerprint density at radius 2 is 1.52 bits per heavy atom. The van der Waals surface area contributed by atoms with Crippen molar-refractivity contribution in [2.24, 2.45) is 5.92 Å². The molecule has 1 fully saturated rings. The molecule has 0 radical (unpaired) electrons. The Labute approximate surface area is 193 Å². The van der Waals surface area contributed by atoms with Gasteiger partial charge in [0.05, 0.1) is 12.6 Å². The Balaban J connectivity index is 1.36. The first-order valence-electron chi connectivity index (χ1n) is 11.6. The molecule has 0 unspecified atom stereocenters. The number of fused-ring (bicyclic) bond motifs is 2. The molecule has 6 rings (SSSR count). The van der Waals surface area contributed by atoms with Crippen LogP contribution < -0.4 is 4.74 Å². The standard InChI is InChI=1S/C29H26N2O2/c1-33-26-11-5-20(6-12-26)19-30-15-13-21-7-9-24(17-27(21)30)25-10-8-22-14-16-31(28(22)18-25)29(32)23-3-2-4-23/h5-18,23H,2-4,19H2,1H3. The van der Waals surface area contributed by atoms with Crippen LogP contribution in [-0.4, -0.2) is 22.2 Å². The molecule has 0 atom stereocenters. The topological polar surface area (TPSA) is 36.2 Å². The number of ether oxygens (including phenoxy) is 1. The highest BCUT2D eigenvalue weighted by molar-refractivity contribution is 5.96. The Morgan fingerprint density at radius 3 is 2.18 bits per heavy atom. The summed E-state index contributed by atoms with van der Waals surface area (Å²) >= 11 is 0. The van der Waals surface area contributed by atoms with E-state index in [4.69, 9.17) is 4.74 Å². The molecule has 4 heteroatoms. The summed E-state index contributed by atoms with van der Waals surface area (Å²) in [5.41, 5.74) is 5.71. The van der Waals surface area contributed by atoms with Gasteiger partial charge in [0.2, 0.25) is 5.91 Å². The third kappa shape index (κ3) is 3.52. The van der Waals surface area contributed by atoms with E-state index in [0.717, 1.165) is 53.6 Å². The molecule has 0 bridgehead atoms. The van der Waals surface area contributed by atoms with Crippen LogP contribution in [0, 0.1) is 5.92 Å². The second-order valence-electron chi connectivity index (χ2n) is 8.99. The molecule has 2 aromatic heterocycles. The molecular formula is C29H26N2O2. The summed E-state index contributed by atoms with van der Waals surface area (Å²) in [4.78, 5) is 12.9. The van der Waals surface area contributed by atoms with Crippen molar-refractivity contribution in [2.75, 3.05) is 7.11 Å². The van der Waals surface area contributed by atoms with Crippen molar-refractivity contribution >= 4 is 27.7 Å². The number of aromatic nitrogens is 2. The van der Waals surface area contributed by atoms with Gasteiger partial charge in [-0.2, -0.15) is 0 Å². The van der Waals surface area contributed by atoms with E-state index >= 15 is 0 Å². The van der Waals surface area contributed by atoms with Crippen LogP contribution in [0.4, 0.5) is 0 Å². The highest BCUT2D eigenvalue weighted by atomic mass is 16.5. The monoisotopic (exact) mass is 434 g/mol. The maximum Gasteiger partial charge on any atom is 0.234 e. The zero-order valence-corrected chi connectivity index (χ0v) is 18.7. The molecule has 0 N–H and O–H groups in total. The molecule has 33 heavy (non-hydrogen) atoms. The lowest BCUT2D eigenvalue weighted by Gasteiger charge is -2.24. The smallest absolute Gasteiger partial charge is 0.234 e. The van der Waals surface area contributed by atoms with Gasteiger partial charge in [0.1, 0.15) is 5.75 Å². The molecule has 2 heterocycles. The first kappa shape index (κ1) is 19.9. The van der Waals surface area contributed by atoms with Crippen LogP contribution in [0.5, 0.6) is 5.75 Å². The predicted molar refractivity (Wildman–Crippen MR) is 133 cm³/mol. The molecule has 1 aliphatic carbocycles. The van der Waals surface area contributed by atoms with Crippen LogP contribution in [0.1, 0.15) is 29.6 Å². The average molecular weight is 435 g/mol. The molecule has 164 valence electrons. The number of carbonyl (C=O) groups is 1. The van der Waals surface area contributed by atoms with Crippen LogP contribution in [0.15, 0.2) is 85.2 Å². The molecule has 5 aromatic rings. The van der Waals surface area contributed by atoms with Crippen LogP contribution in [0.3, 0.4) is 0 Å². The molecular weight excluding hydrogens is 408 g/mol. The van der Waals surface area contributed by atoms with E-state index in [2.05, 4.69) is 65.4 Å². The van der Waals surface area contributed by atoms with E-state index in [-0.39, 0.29) is 11.8 Å². The van der Waals surface area contributed by atoms with Crippen molar-refractivity contribution in [3.63, 3.8) is 0 Å². The van der Waals surface area contributed by atoms with Crippen LogP contribution in [0.2, 0.25) is 0 Å². The van der Waals surface area contributed by atoms with E-state index in [1.54, 1.807) is 7.11 Å². The summed E-state index contributed by atoms with van der Waals surface area (Å²) in [7, 11) is 1.69. The van der Waals surface area contributed by atoms with Gasteiger partial charge < -0.3 is 9.30 Å². The minimum Gasteiger partial charge on any atom is -0.497 e. The molecule has 4 nitrogen and oxygen atoms in total. The number of methoxy groups -OCH3 is 1. The van der Waals surface area contributed by atoms with E-state index in [0.29, 0.717) is 0 Å². The summed E-state index contributed by atoms with van der Waals surface area (Å²) < 4.78 is 9.41. The molecule has 1 saturated carbocycles. The number of hydrogen-bond donors (Lipinski definition) is 0. The molecule has 0 saturated heterocycles. The number of nitrogens with zero attached hydrogens (tertiary/aromatic N) is 2. The number of benzene rings is 3. The number of rotatable bonds is 5. The van der Waals surface area contributed by atoms with E-state index in [1.165, 1.54) is 16.5 Å². The Bertz CT molecular complexity index is 1470. The second kappa shape index (κ2) is 7.96. The lowest BCUT2D eigenvalue weighted by Crippen LogP contribution is -2.26. The number of hydrogen-bond acceptors (Lipinski definition) is 2. The summed E-state index contributed by atoms with van der Waals surface area (Å²) in [6.07, 6.45) is 7.26. The van der Waals surface area contributed by atoms with Crippen molar-refractivity contribution in [3.05, 3.63) is 90.8 Å². The summed E-state index contributed by atoms with van der Waals surface area (Å²) in [6, 6.07) is 25.4. The third-order valence-corrected chi connectivity index (χ3v) is 7.00. The van der Waals surface area contributed by atoms with Gasteiger partial charge in [-0.3, -0.25) is 9.36 Å². The molecule has 0 amide bonds. The fourth-order valence-electron chi connectivity index (χ4n) is 4.78.